The summed E-state index contributed by atoms with van der Waals surface area (Å²) in [6.45, 7) is 5.23. The number of halogens is 1. The van der Waals surface area contributed by atoms with E-state index in [0.29, 0.717) is 17.5 Å². The molecule has 2 aromatic rings. The van der Waals surface area contributed by atoms with Crippen LogP contribution >= 0.6 is 23.4 Å². The van der Waals surface area contributed by atoms with Crippen LogP contribution in [0.1, 0.15) is 44.0 Å². The van der Waals surface area contributed by atoms with Crippen LogP contribution in [-0.4, -0.2) is 25.9 Å². The molecule has 1 heterocycles. The molecular formula is C17H21ClN4OS. The summed E-state index contributed by atoms with van der Waals surface area (Å²) in [4.78, 5) is 12.4. The Morgan fingerprint density at radius 2 is 2.17 bits per heavy atom. The van der Waals surface area contributed by atoms with Gasteiger partial charge in [0, 0.05) is 24.0 Å². The molecule has 1 aromatic heterocycles. The van der Waals surface area contributed by atoms with E-state index in [1.165, 1.54) is 24.6 Å². The molecule has 24 heavy (non-hydrogen) atoms. The fraction of sp³-hybridized carbons (Fsp3) is 0.471. The van der Waals surface area contributed by atoms with Gasteiger partial charge in [-0.25, -0.2) is 0 Å². The van der Waals surface area contributed by atoms with Crippen molar-refractivity contribution in [2.24, 2.45) is 0 Å². The molecule has 1 aliphatic carbocycles. The molecule has 7 heteroatoms. The largest absolute Gasteiger partial charge is 0.351 e. The molecule has 1 N–H and O–H groups in total. The van der Waals surface area contributed by atoms with Gasteiger partial charge in [-0.3, -0.25) is 4.79 Å². The fourth-order valence-corrected chi connectivity index (χ4v) is 3.65. The van der Waals surface area contributed by atoms with Crippen molar-refractivity contribution in [3.8, 4) is 0 Å². The smallest absolute Gasteiger partial charge is 0.233 e. The van der Waals surface area contributed by atoms with Crippen LogP contribution in [0.3, 0.4) is 0 Å². The third kappa shape index (κ3) is 3.92. The number of rotatable bonds is 7. The zero-order chi connectivity index (χ0) is 17.1. The SMILES string of the molecule is CCn1c(SC(C)C(=O)NCc2ccccc2Cl)nnc1C1CC1. The highest BCUT2D eigenvalue weighted by Gasteiger charge is 2.30. The highest BCUT2D eigenvalue weighted by Crippen LogP contribution is 2.40. The van der Waals surface area contributed by atoms with E-state index < -0.39 is 0 Å². The molecule has 0 saturated heterocycles. The van der Waals surface area contributed by atoms with Gasteiger partial charge in [0.1, 0.15) is 5.82 Å². The minimum absolute atomic E-state index is 0.0291. The van der Waals surface area contributed by atoms with Gasteiger partial charge >= 0.3 is 0 Å². The summed E-state index contributed by atoms with van der Waals surface area (Å²) < 4.78 is 2.13. The fourth-order valence-electron chi connectivity index (χ4n) is 2.51. The van der Waals surface area contributed by atoms with Crippen LogP contribution in [0.25, 0.3) is 0 Å². The highest BCUT2D eigenvalue weighted by atomic mass is 35.5. The molecule has 0 radical (unpaired) electrons. The third-order valence-corrected chi connectivity index (χ3v) is 5.52. The normalized spacial score (nSPS) is 15.3. The lowest BCUT2D eigenvalue weighted by Crippen LogP contribution is -2.30. The van der Waals surface area contributed by atoms with E-state index in [0.717, 1.165) is 23.1 Å². The van der Waals surface area contributed by atoms with Crippen LogP contribution in [0, 0.1) is 0 Å². The number of thioether (sulfide) groups is 1. The maximum Gasteiger partial charge on any atom is 0.233 e. The number of nitrogens with one attached hydrogen (secondary N) is 1. The Kier molecular flexibility index (Phi) is 5.46. The van der Waals surface area contributed by atoms with Crippen LogP contribution in [0.5, 0.6) is 0 Å². The standard InChI is InChI=1S/C17H21ClN4OS/c1-3-22-15(12-8-9-12)20-21-17(22)24-11(2)16(23)19-10-13-6-4-5-7-14(13)18/h4-7,11-12H,3,8-10H2,1-2H3,(H,19,23). The van der Waals surface area contributed by atoms with Gasteiger partial charge in [0.25, 0.3) is 0 Å². The Morgan fingerprint density at radius 1 is 1.42 bits per heavy atom. The molecule has 0 spiro atoms. The quantitative estimate of drug-likeness (QED) is 0.762. The minimum atomic E-state index is -0.242. The Hall–Kier alpha value is -1.53. The summed E-state index contributed by atoms with van der Waals surface area (Å²) in [7, 11) is 0. The molecule has 3 rings (SSSR count). The maximum atomic E-state index is 12.4. The molecule has 1 amide bonds. The maximum absolute atomic E-state index is 12.4. The van der Waals surface area contributed by atoms with Crippen molar-refractivity contribution in [3.63, 3.8) is 0 Å². The first-order valence-electron chi connectivity index (χ1n) is 8.21. The topological polar surface area (TPSA) is 59.8 Å². The van der Waals surface area contributed by atoms with Gasteiger partial charge in [-0.1, -0.05) is 41.6 Å². The number of carbonyl (C=O) groups is 1. The zero-order valence-corrected chi connectivity index (χ0v) is 15.4. The number of carbonyl (C=O) groups excluding carboxylic acids is 1. The van der Waals surface area contributed by atoms with E-state index >= 15 is 0 Å². The number of aromatic nitrogens is 3. The van der Waals surface area contributed by atoms with Gasteiger partial charge in [0.05, 0.1) is 5.25 Å². The second-order valence-corrected chi connectivity index (χ2v) is 7.64. The number of hydrogen-bond donors (Lipinski definition) is 1. The van der Waals surface area contributed by atoms with Gasteiger partial charge in [-0.2, -0.15) is 0 Å². The van der Waals surface area contributed by atoms with Crippen LogP contribution < -0.4 is 5.32 Å². The number of nitrogens with zero attached hydrogens (tertiary/aromatic N) is 3. The second kappa shape index (κ2) is 7.57. The van der Waals surface area contributed by atoms with Crippen molar-refractivity contribution in [3.05, 3.63) is 40.7 Å². The molecular weight excluding hydrogens is 344 g/mol. The second-order valence-electron chi connectivity index (χ2n) is 5.93. The Balaban J connectivity index is 1.59. The first-order chi connectivity index (χ1) is 11.6. The molecule has 1 saturated carbocycles. The lowest BCUT2D eigenvalue weighted by Gasteiger charge is -2.13. The van der Waals surface area contributed by atoms with Gasteiger partial charge in [0.15, 0.2) is 5.16 Å². The summed E-state index contributed by atoms with van der Waals surface area (Å²) in [5.74, 6) is 1.58. The molecule has 128 valence electrons. The lowest BCUT2D eigenvalue weighted by atomic mass is 10.2. The molecule has 0 aliphatic heterocycles. The summed E-state index contributed by atoms with van der Waals surface area (Å²) in [6, 6.07) is 7.52. The van der Waals surface area contributed by atoms with Gasteiger partial charge in [0.2, 0.25) is 5.91 Å². The predicted octanol–water partition coefficient (Wildman–Crippen LogP) is 3.63. The predicted molar refractivity (Wildman–Crippen MR) is 96.3 cm³/mol. The minimum Gasteiger partial charge on any atom is -0.351 e. The van der Waals surface area contributed by atoms with E-state index in [9.17, 15) is 4.79 Å². The van der Waals surface area contributed by atoms with Crippen molar-refractivity contribution in [1.29, 1.82) is 0 Å². The van der Waals surface area contributed by atoms with Crippen LogP contribution in [0.15, 0.2) is 29.4 Å². The summed E-state index contributed by atoms with van der Waals surface area (Å²) in [6.07, 6.45) is 2.38. The van der Waals surface area contributed by atoms with Crippen molar-refractivity contribution in [2.45, 2.75) is 56.1 Å². The van der Waals surface area contributed by atoms with Gasteiger partial charge in [-0.05, 0) is 38.3 Å². The molecule has 0 bridgehead atoms. The lowest BCUT2D eigenvalue weighted by molar-refractivity contribution is -0.120. The monoisotopic (exact) mass is 364 g/mol. The van der Waals surface area contributed by atoms with Crippen molar-refractivity contribution < 1.29 is 4.79 Å². The average Bonchev–Trinajstić information content (AvgIpc) is 3.35. The van der Waals surface area contributed by atoms with E-state index in [-0.39, 0.29) is 11.2 Å². The average molecular weight is 365 g/mol. The summed E-state index contributed by atoms with van der Waals surface area (Å²) in [5, 5.41) is 12.8. The third-order valence-electron chi connectivity index (χ3n) is 4.07. The van der Waals surface area contributed by atoms with Gasteiger partial charge in [-0.15, -0.1) is 10.2 Å². The number of hydrogen-bond acceptors (Lipinski definition) is 4. The zero-order valence-electron chi connectivity index (χ0n) is 13.8. The first-order valence-corrected chi connectivity index (χ1v) is 9.46. The molecule has 1 fully saturated rings. The molecule has 1 atom stereocenters. The van der Waals surface area contributed by atoms with Crippen molar-refractivity contribution in [1.82, 2.24) is 20.1 Å². The van der Waals surface area contributed by atoms with Crippen LogP contribution in [0.2, 0.25) is 5.02 Å². The summed E-state index contributed by atoms with van der Waals surface area (Å²) >= 11 is 7.57. The van der Waals surface area contributed by atoms with Crippen LogP contribution in [-0.2, 0) is 17.9 Å². The Morgan fingerprint density at radius 3 is 2.83 bits per heavy atom. The Labute approximate surface area is 151 Å². The molecule has 1 aromatic carbocycles. The molecule has 1 aliphatic rings. The number of amides is 1. The van der Waals surface area contributed by atoms with E-state index in [1.54, 1.807) is 0 Å². The van der Waals surface area contributed by atoms with E-state index in [1.807, 2.05) is 31.2 Å². The van der Waals surface area contributed by atoms with Crippen LogP contribution in [0.4, 0.5) is 0 Å². The highest BCUT2D eigenvalue weighted by molar-refractivity contribution is 8.00. The number of benzene rings is 1. The molecule has 5 nitrogen and oxygen atoms in total. The van der Waals surface area contributed by atoms with Gasteiger partial charge < -0.3 is 9.88 Å². The Bertz CT molecular complexity index is 729. The van der Waals surface area contributed by atoms with Crippen molar-refractivity contribution >= 4 is 29.3 Å². The van der Waals surface area contributed by atoms with E-state index in [2.05, 4.69) is 27.0 Å². The molecule has 1 unspecified atom stereocenters. The van der Waals surface area contributed by atoms with E-state index in [4.69, 9.17) is 11.6 Å². The summed E-state index contributed by atoms with van der Waals surface area (Å²) in [5.41, 5.74) is 0.914. The first kappa shape index (κ1) is 17.3. The van der Waals surface area contributed by atoms with Crippen molar-refractivity contribution in [2.75, 3.05) is 0 Å².